The van der Waals surface area contributed by atoms with E-state index in [9.17, 15) is 8.42 Å². The number of unbranched alkanes of at least 4 members (excludes halogenated alkanes) is 1. The van der Waals surface area contributed by atoms with Crippen molar-refractivity contribution < 1.29 is 27.9 Å². The van der Waals surface area contributed by atoms with E-state index in [0.717, 1.165) is 6.42 Å². The van der Waals surface area contributed by atoms with Crippen LogP contribution in [0.4, 0.5) is 0 Å². The standard InChI is InChI=1S/C6H14O3.C4H10O3S/c1-5(8)4-9-6(2)3-7;1-2-3-4-8(5,6)7/h5-8H,3-4H2,1-2H3;2-4H2,1H3,(H,5,6,7). The van der Waals surface area contributed by atoms with Crippen LogP contribution in [0.15, 0.2) is 0 Å². The first-order valence-electron chi connectivity index (χ1n) is 5.58. The minimum absolute atomic E-state index is 0.00667. The molecule has 0 bridgehead atoms. The van der Waals surface area contributed by atoms with E-state index in [0.29, 0.717) is 13.0 Å². The van der Waals surface area contributed by atoms with Crippen LogP contribution in [0.2, 0.25) is 0 Å². The first-order chi connectivity index (χ1) is 7.72. The lowest BCUT2D eigenvalue weighted by Gasteiger charge is -2.10. The van der Waals surface area contributed by atoms with Crippen LogP contribution in [-0.2, 0) is 14.9 Å². The van der Waals surface area contributed by atoms with Gasteiger partial charge in [-0.15, -0.1) is 0 Å². The topological polar surface area (TPSA) is 104 Å². The highest BCUT2D eigenvalue weighted by molar-refractivity contribution is 7.85. The quantitative estimate of drug-likeness (QED) is 0.581. The van der Waals surface area contributed by atoms with Crippen molar-refractivity contribution in [3.05, 3.63) is 0 Å². The molecule has 0 aromatic carbocycles. The van der Waals surface area contributed by atoms with E-state index in [-0.39, 0.29) is 18.5 Å². The molecular weight excluding hydrogens is 248 g/mol. The molecule has 0 aromatic heterocycles. The van der Waals surface area contributed by atoms with Gasteiger partial charge in [-0.2, -0.15) is 8.42 Å². The van der Waals surface area contributed by atoms with Crippen molar-refractivity contribution >= 4 is 10.1 Å². The maximum atomic E-state index is 9.95. The summed E-state index contributed by atoms with van der Waals surface area (Å²) in [5.41, 5.74) is 0. The summed E-state index contributed by atoms with van der Waals surface area (Å²) in [6.45, 7) is 5.56. The lowest BCUT2D eigenvalue weighted by Crippen LogP contribution is -2.19. The molecule has 3 N–H and O–H groups in total. The molecule has 2 unspecified atom stereocenters. The van der Waals surface area contributed by atoms with E-state index >= 15 is 0 Å². The Morgan fingerprint density at radius 3 is 2.06 bits per heavy atom. The highest BCUT2D eigenvalue weighted by Gasteiger charge is 2.01. The number of hydrogen-bond donors (Lipinski definition) is 3. The van der Waals surface area contributed by atoms with Crippen LogP contribution in [0, 0.1) is 0 Å². The molecule has 7 heteroatoms. The summed E-state index contributed by atoms with van der Waals surface area (Å²) in [6.07, 6.45) is 0.720. The van der Waals surface area contributed by atoms with Gasteiger partial charge in [0, 0.05) is 0 Å². The van der Waals surface area contributed by atoms with Crippen LogP contribution < -0.4 is 0 Å². The fourth-order valence-electron chi connectivity index (χ4n) is 0.683. The molecule has 17 heavy (non-hydrogen) atoms. The Morgan fingerprint density at radius 1 is 1.29 bits per heavy atom. The van der Waals surface area contributed by atoms with E-state index < -0.39 is 16.2 Å². The Balaban J connectivity index is 0. The summed E-state index contributed by atoms with van der Waals surface area (Å²) in [6, 6.07) is 0. The molecule has 0 aliphatic carbocycles. The van der Waals surface area contributed by atoms with Crippen molar-refractivity contribution in [2.45, 2.75) is 45.8 Å². The highest BCUT2D eigenvalue weighted by Crippen LogP contribution is 1.91. The van der Waals surface area contributed by atoms with Crippen LogP contribution in [0.3, 0.4) is 0 Å². The molecule has 0 aromatic rings. The molecule has 0 rings (SSSR count). The average Bonchev–Trinajstić information content (AvgIpc) is 2.22. The summed E-state index contributed by atoms with van der Waals surface area (Å²) in [4.78, 5) is 0. The lowest BCUT2D eigenvalue weighted by atomic mass is 10.4. The van der Waals surface area contributed by atoms with Crippen molar-refractivity contribution in [3.63, 3.8) is 0 Å². The summed E-state index contributed by atoms with van der Waals surface area (Å²) in [7, 11) is -3.69. The Morgan fingerprint density at radius 2 is 1.82 bits per heavy atom. The number of rotatable bonds is 7. The minimum Gasteiger partial charge on any atom is -0.394 e. The van der Waals surface area contributed by atoms with E-state index in [1.54, 1.807) is 13.8 Å². The average molecular weight is 272 g/mol. The third-order valence-electron chi connectivity index (χ3n) is 1.63. The predicted octanol–water partition coefficient (Wildman–Crippen LogP) is 0.439. The zero-order chi connectivity index (χ0) is 13.9. The Kier molecular flexibility index (Phi) is 12.3. The third kappa shape index (κ3) is 21.6. The van der Waals surface area contributed by atoms with Crippen LogP contribution in [0.1, 0.15) is 33.6 Å². The maximum absolute atomic E-state index is 9.95. The van der Waals surface area contributed by atoms with Gasteiger partial charge in [-0.1, -0.05) is 13.3 Å². The van der Waals surface area contributed by atoms with Gasteiger partial charge in [-0.05, 0) is 20.3 Å². The van der Waals surface area contributed by atoms with Crippen LogP contribution in [0.5, 0.6) is 0 Å². The van der Waals surface area contributed by atoms with Crippen molar-refractivity contribution in [3.8, 4) is 0 Å². The van der Waals surface area contributed by atoms with E-state index in [4.69, 9.17) is 19.5 Å². The molecule has 0 fully saturated rings. The molecule has 0 radical (unpaired) electrons. The molecule has 0 spiro atoms. The summed E-state index contributed by atoms with van der Waals surface area (Å²) >= 11 is 0. The Hall–Kier alpha value is -0.210. The molecule has 0 saturated heterocycles. The monoisotopic (exact) mass is 272 g/mol. The summed E-state index contributed by atoms with van der Waals surface area (Å²) in [5, 5.41) is 17.1. The normalized spacial score (nSPS) is 14.7. The van der Waals surface area contributed by atoms with Crippen molar-refractivity contribution in [1.82, 2.24) is 0 Å². The second-order valence-corrected chi connectivity index (χ2v) is 5.39. The molecule has 0 aliphatic heterocycles. The first kappa shape index (κ1) is 19.1. The third-order valence-corrected chi connectivity index (χ3v) is 2.44. The van der Waals surface area contributed by atoms with Gasteiger partial charge in [0.2, 0.25) is 0 Å². The van der Waals surface area contributed by atoms with Crippen molar-refractivity contribution in [2.24, 2.45) is 0 Å². The SMILES string of the molecule is CC(O)COC(C)CO.CCCCS(=O)(=O)O. The number of hydrogen-bond acceptors (Lipinski definition) is 5. The fourth-order valence-corrected chi connectivity index (χ4v) is 1.34. The number of ether oxygens (including phenoxy) is 1. The predicted molar refractivity (Wildman–Crippen MR) is 65.5 cm³/mol. The molecule has 0 heterocycles. The van der Waals surface area contributed by atoms with Gasteiger partial charge < -0.3 is 14.9 Å². The van der Waals surface area contributed by atoms with Gasteiger partial charge in [-0.25, -0.2) is 0 Å². The molecule has 106 valence electrons. The molecular formula is C10H24O6S. The smallest absolute Gasteiger partial charge is 0.264 e. The second-order valence-electron chi connectivity index (χ2n) is 3.82. The van der Waals surface area contributed by atoms with Crippen LogP contribution >= 0.6 is 0 Å². The van der Waals surface area contributed by atoms with Gasteiger partial charge in [0.25, 0.3) is 10.1 Å². The van der Waals surface area contributed by atoms with Gasteiger partial charge in [0.15, 0.2) is 0 Å². The summed E-state index contributed by atoms with van der Waals surface area (Å²) in [5.74, 6) is -0.108. The Bertz CT molecular complexity index is 250. The number of aliphatic hydroxyl groups is 2. The van der Waals surface area contributed by atoms with Crippen LogP contribution in [-0.4, -0.2) is 54.4 Å². The fraction of sp³-hybridized carbons (Fsp3) is 1.00. The second kappa shape index (κ2) is 10.9. The zero-order valence-electron chi connectivity index (χ0n) is 10.7. The zero-order valence-corrected chi connectivity index (χ0v) is 11.5. The molecule has 6 nitrogen and oxygen atoms in total. The van der Waals surface area contributed by atoms with E-state index in [1.807, 2.05) is 6.92 Å². The maximum Gasteiger partial charge on any atom is 0.264 e. The van der Waals surface area contributed by atoms with Gasteiger partial charge in [-0.3, -0.25) is 4.55 Å². The molecule has 0 amide bonds. The van der Waals surface area contributed by atoms with Crippen LogP contribution in [0.25, 0.3) is 0 Å². The molecule has 0 saturated carbocycles. The van der Waals surface area contributed by atoms with E-state index in [1.165, 1.54) is 0 Å². The summed E-state index contributed by atoms with van der Waals surface area (Å²) < 4.78 is 33.0. The van der Waals surface area contributed by atoms with E-state index in [2.05, 4.69) is 0 Å². The van der Waals surface area contributed by atoms with Gasteiger partial charge in [0.1, 0.15) is 0 Å². The van der Waals surface area contributed by atoms with Crippen molar-refractivity contribution in [1.29, 1.82) is 0 Å². The molecule has 0 aliphatic rings. The minimum atomic E-state index is -3.69. The molecule has 2 atom stereocenters. The number of aliphatic hydroxyl groups excluding tert-OH is 2. The largest absolute Gasteiger partial charge is 0.394 e. The Labute approximate surface area is 103 Å². The lowest BCUT2D eigenvalue weighted by molar-refractivity contribution is -0.0177. The van der Waals surface area contributed by atoms with Gasteiger partial charge in [0.05, 0.1) is 31.2 Å². The highest BCUT2D eigenvalue weighted by atomic mass is 32.2. The van der Waals surface area contributed by atoms with Gasteiger partial charge >= 0.3 is 0 Å². The first-order valence-corrected chi connectivity index (χ1v) is 7.19. The van der Waals surface area contributed by atoms with Crippen molar-refractivity contribution in [2.75, 3.05) is 19.0 Å².